The third kappa shape index (κ3) is 4.72. The number of aromatic nitrogens is 4. The summed E-state index contributed by atoms with van der Waals surface area (Å²) < 4.78 is 3.19. The Balaban J connectivity index is 1.41. The van der Waals surface area contributed by atoms with Crippen LogP contribution >= 0.6 is 0 Å². The van der Waals surface area contributed by atoms with E-state index in [0.29, 0.717) is 11.3 Å². The average Bonchev–Trinajstić information content (AvgIpc) is 3.60. The molecule has 0 spiro atoms. The van der Waals surface area contributed by atoms with Gasteiger partial charge in [-0.3, -0.25) is 25.1 Å². The average molecular weight is 463 g/mol. The highest BCUT2D eigenvalue weighted by Gasteiger charge is 2.25. The molecule has 2 amide bonds. The molecule has 0 saturated heterocycles. The molecule has 0 aliphatic rings. The van der Waals surface area contributed by atoms with E-state index in [2.05, 4.69) is 21.0 Å². The molecule has 2 N–H and O–H groups in total. The van der Waals surface area contributed by atoms with Gasteiger partial charge in [-0.2, -0.15) is 10.2 Å². The van der Waals surface area contributed by atoms with Crippen molar-refractivity contribution in [1.29, 1.82) is 0 Å². The van der Waals surface area contributed by atoms with Gasteiger partial charge in [0.1, 0.15) is 5.69 Å². The number of hydrazine groups is 1. The minimum absolute atomic E-state index is 0.329. The molecule has 2 aromatic heterocycles. The van der Waals surface area contributed by atoms with E-state index >= 15 is 0 Å². The summed E-state index contributed by atoms with van der Waals surface area (Å²) in [4.78, 5) is 26.4. The molecule has 5 aromatic rings. The van der Waals surface area contributed by atoms with Gasteiger partial charge in [0, 0.05) is 24.2 Å². The minimum Gasteiger partial charge on any atom is -0.270 e. The smallest absolute Gasteiger partial charge is 0.270 e. The second kappa shape index (κ2) is 9.88. The lowest BCUT2D eigenvalue weighted by Crippen LogP contribution is -2.45. The number of benzene rings is 3. The van der Waals surface area contributed by atoms with Crippen LogP contribution in [-0.4, -0.2) is 31.4 Å². The standard InChI is InChI=1S/C27H22N6O2/c34-26(29-30-27(35)25(32-18-10-17-28-32)21-13-6-2-7-14-21)23-19-33(22-15-8-3-9-16-22)31-24(23)20-11-4-1-5-12-20/h1-19,25H,(H,29,34)(H,30,35). The molecule has 172 valence electrons. The molecule has 8 heteroatoms. The number of nitrogens with zero attached hydrogens (tertiary/aromatic N) is 4. The van der Waals surface area contributed by atoms with Crippen LogP contribution in [0.1, 0.15) is 22.0 Å². The number of para-hydroxylation sites is 1. The van der Waals surface area contributed by atoms with Gasteiger partial charge < -0.3 is 0 Å². The van der Waals surface area contributed by atoms with Crippen molar-refractivity contribution in [1.82, 2.24) is 30.4 Å². The van der Waals surface area contributed by atoms with E-state index in [1.165, 1.54) is 0 Å². The summed E-state index contributed by atoms with van der Waals surface area (Å²) in [5.41, 5.74) is 8.29. The van der Waals surface area contributed by atoms with Crippen molar-refractivity contribution in [2.75, 3.05) is 0 Å². The van der Waals surface area contributed by atoms with Gasteiger partial charge >= 0.3 is 0 Å². The van der Waals surface area contributed by atoms with Gasteiger partial charge in [-0.1, -0.05) is 78.9 Å². The molecule has 0 saturated carbocycles. The first-order chi connectivity index (χ1) is 17.2. The van der Waals surface area contributed by atoms with Crippen LogP contribution in [0.5, 0.6) is 0 Å². The van der Waals surface area contributed by atoms with Crippen molar-refractivity contribution in [2.24, 2.45) is 0 Å². The van der Waals surface area contributed by atoms with E-state index in [1.807, 2.05) is 91.0 Å². The highest BCUT2D eigenvalue weighted by atomic mass is 16.2. The monoisotopic (exact) mass is 462 g/mol. The van der Waals surface area contributed by atoms with Crippen LogP contribution in [0, 0.1) is 0 Å². The maximum atomic E-state index is 13.2. The Morgan fingerprint density at radius 1 is 0.771 bits per heavy atom. The summed E-state index contributed by atoms with van der Waals surface area (Å²) in [5.74, 6) is -0.906. The molecule has 0 bridgehead atoms. The van der Waals surface area contributed by atoms with Crippen LogP contribution in [0.3, 0.4) is 0 Å². The number of nitrogens with one attached hydrogen (secondary N) is 2. The van der Waals surface area contributed by atoms with Gasteiger partial charge in [0.05, 0.1) is 11.3 Å². The number of carbonyl (C=O) groups excluding carboxylic acids is 2. The number of carbonyl (C=O) groups is 2. The lowest BCUT2D eigenvalue weighted by atomic mass is 10.1. The Morgan fingerprint density at radius 3 is 2.09 bits per heavy atom. The van der Waals surface area contributed by atoms with E-state index < -0.39 is 17.9 Å². The lowest BCUT2D eigenvalue weighted by molar-refractivity contribution is -0.124. The normalized spacial score (nSPS) is 11.5. The second-order valence-corrected chi connectivity index (χ2v) is 7.78. The summed E-state index contributed by atoms with van der Waals surface area (Å²) in [5, 5.41) is 8.87. The SMILES string of the molecule is O=C(NNC(=O)C(c1ccccc1)n1cccn1)c1cn(-c2ccccc2)nc1-c1ccccc1. The number of hydrogen-bond donors (Lipinski definition) is 2. The van der Waals surface area contributed by atoms with Crippen molar-refractivity contribution < 1.29 is 9.59 Å². The van der Waals surface area contributed by atoms with E-state index in [0.717, 1.165) is 16.8 Å². The first-order valence-electron chi connectivity index (χ1n) is 11.1. The molecule has 0 radical (unpaired) electrons. The van der Waals surface area contributed by atoms with Gasteiger partial charge in [-0.05, 0) is 23.8 Å². The van der Waals surface area contributed by atoms with Crippen molar-refractivity contribution in [3.63, 3.8) is 0 Å². The molecular weight excluding hydrogens is 440 g/mol. The first kappa shape index (κ1) is 21.8. The molecule has 5 rings (SSSR count). The summed E-state index contributed by atoms with van der Waals surface area (Å²) in [6.07, 6.45) is 4.96. The van der Waals surface area contributed by atoms with Crippen molar-refractivity contribution >= 4 is 11.8 Å². The maximum absolute atomic E-state index is 13.2. The first-order valence-corrected chi connectivity index (χ1v) is 11.1. The molecule has 1 unspecified atom stereocenters. The second-order valence-electron chi connectivity index (χ2n) is 7.78. The fourth-order valence-corrected chi connectivity index (χ4v) is 3.81. The zero-order chi connectivity index (χ0) is 24.0. The Morgan fingerprint density at radius 2 is 1.43 bits per heavy atom. The molecule has 2 heterocycles. The van der Waals surface area contributed by atoms with Crippen molar-refractivity contribution in [2.45, 2.75) is 6.04 Å². The van der Waals surface area contributed by atoms with Gasteiger partial charge in [-0.15, -0.1) is 0 Å². The Kier molecular flexibility index (Phi) is 6.17. The van der Waals surface area contributed by atoms with Crippen LogP contribution in [0.4, 0.5) is 0 Å². The zero-order valence-electron chi connectivity index (χ0n) is 18.7. The predicted molar refractivity (Wildman–Crippen MR) is 131 cm³/mol. The van der Waals surface area contributed by atoms with Gasteiger partial charge in [0.25, 0.3) is 11.8 Å². The lowest BCUT2D eigenvalue weighted by Gasteiger charge is -2.18. The summed E-state index contributed by atoms with van der Waals surface area (Å²) >= 11 is 0. The Hall–Kier alpha value is -4.98. The fraction of sp³-hybridized carbons (Fsp3) is 0.0370. The van der Waals surface area contributed by atoms with E-state index in [1.54, 1.807) is 34.0 Å². The number of amides is 2. The summed E-state index contributed by atoms with van der Waals surface area (Å²) in [7, 11) is 0. The summed E-state index contributed by atoms with van der Waals surface area (Å²) in [6.45, 7) is 0. The third-order valence-electron chi connectivity index (χ3n) is 5.48. The molecular formula is C27H22N6O2. The largest absolute Gasteiger partial charge is 0.273 e. The minimum atomic E-state index is -0.743. The maximum Gasteiger partial charge on any atom is 0.273 e. The fourth-order valence-electron chi connectivity index (χ4n) is 3.81. The third-order valence-corrected chi connectivity index (χ3v) is 5.48. The molecule has 0 fully saturated rings. The molecule has 0 aliphatic heterocycles. The molecule has 3 aromatic carbocycles. The highest BCUT2D eigenvalue weighted by molar-refractivity contribution is 6.01. The van der Waals surface area contributed by atoms with Crippen LogP contribution < -0.4 is 10.9 Å². The summed E-state index contributed by atoms with van der Waals surface area (Å²) in [6, 6.07) is 29.2. The van der Waals surface area contributed by atoms with Gasteiger partial charge in [0.15, 0.2) is 6.04 Å². The molecule has 0 aliphatic carbocycles. The molecule has 8 nitrogen and oxygen atoms in total. The van der Waals surface area contributed by atoms with Gasteiger partial charge in [0.2, 0.25) is 0 Å². The van der Waals surface area contributed by atoms with Crippen molar-refractivity contribution in [3.8, 4) is 16.9 Å². The van der Waals surface area contributed by atoms with Gasteiger partial charge in [-0.25, -0.2) is 4.68 Å². The Bertz CT molecular complexity index is 1410. The van der Waals surface area contributed by atoms with Crippen LogP contribution in [0.15, 0.2) is 116 Å². The number of hydrogen-bond acceptors (Lipinski definition) is 4. The van der Waals surface area contributed by atoms with E-state index in [-0.39, 0.29) is 0 Å². The van der Waals surface area contributed by atoms with Crippen LogP contribution in [0.2, 0.25) is 0 Å². The molecule has 35 heavy (non-hydrogen) atoms. The van der Waals surface area contributed by atoms with Crippen LogP contribution in [0.25, 0.3) is 16.9 Å². The zero-order valence-corrected chi connectivity index (χ0v) is 18.7. The van der Waals surface area contributed by atoms with Crippen LogP contribution in [-0.2, 0) is 4.79 Å². The van der Waals surface area contributed by atoms with E-state index in [9.17, 15) is 9.59 Å². The van der Waals surface area contributed by atoms with E-state index in [4.69, 9.17) is 0 Å². The highest BCUT2D eigenvalue weighted by Crippen LogP contribution is 2.24. The topological polar surface area (TPSA) is 93.8 Å². The molecule has 1 atom stereocenters. The number of rotatable bonds is 6. The van der Waals surface area contributed by atoms with Crippen molar-refractivity contribution in [3.05, 3.63) is 127 Å². The quantitative estimate of drug-likeness (QED) is 0.376. The predicted octanol–water partition coefficient (Wildman–Crippen LogP) is 3.79. The Labute approximate surface area is 201 Å².